The second-order valence-corrected chi connectivity index (χ2v) is 7.28. The second-order valence-electron chi connectivity index (χ2n) is 6.36. The van der Waals surface area contributed by atoms with E-state index < -0.39 is 17.4 Å². The van der Waals surface area contributed by atoms with Gasteiger partial charge in [-0.05, 0) is 60.7 Å². The van der Waals surface area contributed by atoms with Crippen LogP contribution in [0.1, 0.15) is 20.7 Å². The maximum absolute atomic E-state index is 12.7. The molecule has 0 aliphatic rings. The number of anilines is 1. The summed E-state index contributed by atoms with van der Waals surface area (Å²) in [6.07, 6.45) is 1.52. The molecule has 8 nitrogen and oxygen atoms in total. The lowest BCUT2D eigenvalue weighted by Crippen LogP contribution is -2.35. The van der Waals surface area contributed by atoms with E-state index in [1.54, 1.807) is 54.6 Å². The highest BCUT2D eigenvalue weighted by molar-refractivity contribution is 9.10. The summed E-state index contributed by atoms with van der Waals surface area (Å²) in [4.78, 5) is 48.4. The number of methoxy groups -OCH3 is 1. The van der Waals surface area contributed by atoms with E-state index in [1.165, 1.54) is 23.9 Å². The van der Waals surface area contributed by atoms with Crippen LogP contribution in [0.3, 0.4) is 0 Å². The van der Waals surface area contributed by atoms with Gasteiger partial charge in [-0.2, -0.15) is 0 Å². The van der Waals surface area contributed by atoms with E-state index in [2.05, 4.69) is 31.3 Å². The summed E-state index contributed by atoms with van der Waals surface area (Å²) in [5, 5.41) is 5.13. The number of aromatic nitrogens is 1. The van der Waals surface area contributed by atoms with Crippen molar-refractivity contribution in [2.75, 3.05) is 19.0 Å². The van der Waals surface area contributed by atoms with Crippen molar-refractivity contribution in [3.63, 3.8) is 0 Å². The molecule has 0 aliphatic carbocycles. The number of benzene rings is 2. The van der Waals surface area contributed by atoms with Gasteiger partial charge in [-0.15, -0.1) is 0 Å². The number of carbonyl (C=O) groups is 3. The van der Waals surface area contributed by atoms with Gasteiger partial charge >= 0.3 is 5.97 Å². The van der Waals surface area contributed by atoms with Crippen LogP contribution in [0, 0.1) is 0 Å². The van der Waals surface area contributed by atoms with E-state index in [0.29, 0.717) is 16.9 Å². The van der Waals surface area contributed by atoms with Gasteiger partial charge in [0.15, 0.2) is 0 Å². The number of hydrogen-bond donors (Lipinski definition) is 2. The van der Waals surface area contributed by atoms with Crippen molar-refractivity contribution in [3.8, 4) is 5.69 Å². The Balaban J connectivity index is 1.75. The molecule has 0 aliphatic heterocycles. The zero-order chi connectivity index (χ0) is 22.4. The first-order valence-electron chi connectivity index (χ1n) is 9.13. The van der Waals surface area contributed by atoms with Gasteiger partial charge in [-0.25, -0.2) is 0 Å². The number of rotatable bonds is 6. The van der Waals surface area contributed by atoms with Crippen LogP contribution in [-0.2, 0) is 9.53 Å². The lowest BCUT2D eigenvalue weighted by molar-refractivity contribution is -0.139. The molecular weight excluding hydrogens is 466 g/mol. The summed E-state index contributed by atoms with van der Waals surface area (Å²) in [7, 11) is 1.20. The van der Waals surface area contributed by atoms with Crippen molar-refractivity contribution < 1.29 is 19.1 Å². The largest absolute Gasteiger partial charge is 0.468 e. The molecule has 158 valence electrons. The van der Waals surface area contributed by atoms with Crippen LogP contribution in [0.5, 0.6) is 0 Å². The summed E-state index contributed by atoms with van der Waals surface area (Å²) >= 11 is 3.32. The molecule has 31 heavy (non-hydrogen) atoms. The average Bonchev–Trinajstić information content (AvgIpc) is 2.78. The highest BCUT2D eigenvalue weighted by Gasteiger charge is 2.14. The Kier molecular flexibility index (Phi) is 6.99. The van der Waals surface area contributed by atoms with Gasteiger partial charge in [0.1, 0.15) is 12.1 Å². The van der Waals surface area contributed by atoms with Crippen molar-refractivity contribution in [2.24, 2.45) is 0 Å². The average molecular weight is 484 g/mol. The third-order valence-electron chi connectivity index (χ3n) is 4.32. The molecule has 2 N–H and O–H groups in total. The number of nitrogens with one attached hydrogen (secondary N) is 2. The molecule has 1 heterocycles. The van der Waals surface area contributed by atoms with Gasteiger partial charge in [0.2, 0.25) is 0 Å². The van der Waals surface area contributed by atoms with E-state index in [4.69, 9.17) is 0 Å². The standard InChI is InChI=1S/C22H18BrN3O5/c1-31-19(27)13-24-21(29)18-3-2-12-26(22(18)30)17-10-8-16(9-11-17)25-20(28)14-4-6-15(23)7-5-14/h2-12H,13H2,1H3,(H,24,29)(H,25,28). The molecule has 0 radical (unpaired) electrons. The van der Waals surface area contributed by atoms with E-state index >= 15 is 0 Å². The molecule has 0 spiro atoms. The zero-order valence-electron chi connectivity index (χ0n) is 16.4. The van der Waals surface area contributed by atoms with E-state index in [-0.39, 0.29) is 18.0 Å². The third-order valence-corrected chi connectivity index (χ3v) is 4.85. The fraction of sp³-hybridized carbons (Fsp3) is 0.0909. The number of nitrogens with zero attached hydrogens (tertiary/aromatic N) is 1. The minimum atomic E-state index is -0.678. The fourth-order valence-electron chi connectivity index (χ4n) is 2.70. The first kappa shape index (κ1) is 22.0. The summed E-state index contributed by atoms with van der Waals surface area (Å²) in [6, 6.07) is 16.5. The van der Waals surface area contributed by atoms with Gasteiger partial charge in [-0.1, -0.05) is 15.9 Å². The van der Waals surface area contributed by atoms with Crippen LogP contribution in [0.15, 0.2) is 76.1 Å². The molecule has 0 saturated carbocycles. The topological polar surface area (TPSA) is 106 Å². The lowest BCUT2D eigenvalue weighted by Gasteiger charge is -2.10. The first-order valence-corrected chi connectivity index (χ1v) is 9.92. The minimum absolute atomic E-state index is 0.112. The number of amides is 2. The van der Waals surface area contributed by atoms with E-state index in [1.807, 2.05) is 0 Å². The van der Waals surface area contributed by atoms with Crippen molar-refractivity contribution >= 4 is 39.4 Å². The summed E-state index contributed by atoms with van der Waals surface area (Å²) in [6.45, 7) is -0.337. The van der Waals surface area contributed by atoms with Crippen LogP contribution in [0.25, 0.3) is 5.69 Å². The van der Waals surface area contributed by atoms with Crippen molar-refractivity contribution in [1.29, 1.82) is 0 Å². The van der Waals surface area contributed by atoms with Gasteiger partial charge in [0.25, 0.3) is 17.4 Å². The van der Waals surface area contributed by atoms with Crippen LogP contribution >= 0.6 is 15.9 Å². The number of esters is 1. The molecule has 0 atom stereocenters. The number of halogens is 1. The molecule has 0 saturated heterocycles. The Morgan fingerprint density at radius 3 is 2.29 bits per heavy atom. The van der Waals surface area contributed by atoms with Crippen LogP contribution in [0.2, 0.25) is 0 Å². The molecule has 2 aromatic carbocycles. The van der Waals surface area contributed by atoms with E-state index in [0.717, 1.165) is 4.47 Å². The molecule has 3 rings (SSSR count). The maximum atomic E-state index is 12.7. The molecule has 0 unspecified atom stereocenters. The smallest absolute Gasteiger partial charge is 0.325 e. The first-order chi connectivity index (χ1) is 14.9. The van der Waals surface area contributed by atoms with Crippen LogP contribution < -0.4 is 16.2 Å². The highest BCUT2D eigenvalue weighted by atomic mass is 79.9. The summed E-state index contributed by atoms with van der Waals surface area (Å²) in [5.74, 6) is -1.56. The Morgan fingerprint density at radius 1 is 0.968 bits per heavy atom. The molecule has 0 fully saturated rings. The Labute approximate surface area is 186 Å². The highest BCUT2D eigenvalue weighted by Crippen LogP contribution is 2.15. The molecule has 2 amide bonds. The Bertz CT molecular complexity index is 1170. The lowest BCUT2D eigenvalue weighted by atomic mass is 10.2. The second kappa shape index (κ2) is 9.86. The molecule has 3 aromatic rings. The predicted molar refractivity (Wildman–Crippen MR) is 118 cm³/mol. The minimum Gasteiger partial charge on any atom is -0.468 e. The molecule has 0 bridgehead atoms. The number of carbonyl (C=O) groups excluding carboxylic acids is 3. The predicted octanol–water partition coefficient (Wildman–Crippen LogP) is 2.76. The normalized spacial score (nSPS) is 10.3. The van der Waals surface area contributed by atoms with Crippen molar-refractivity contribution in [2.45, 2.75) is 0 Å². The number of hydrogen-bond acceptors (Lipinski definition) is 5. The summed E-state index contributed by atoms with van der Waals surface area (Å²) < 4.78 is 6.64. The monoisotopic (exact) mass is 483 g/mol. The van der Waals surface area contributed by atoms with Gasteiger partial charge in [0, 0.05) is 27.6 Å². The molecular formula is C22H18BrN3O5. The number of pyridine rings is 1. The Hall–Kier alpha value is -3.72. The third kappa shape index (κ3) is 5.46. The quantitative estimate of drug-likeness (QED) is 0.524. The molecule has 1 aromatic heterocycles. The van der Waals surface area contributed by atoms with Gasteiger partial charge in [0.05, 0.1) is 7.11 Å². The van der Waals surface area contributed by atoms with Crippen molar-refractivity contribution in [3.05, 3.63) is 92.8 Å². The van der Waals surface area contributed by atoms with Crippen LogP contribution in [0.4, 0.5) is 5.69 Å². The van der Waals surface area contributed by atoms with Gasteiger partial charge < -0.3 is 15.4 Å². The SMILES string of the molecule is COC(=O)CNC(=O)c1cccn(-c2ccc(NC(=O)c3ccc(Br)cc3)cc2)c1=O. The number of ether oxygens (including phenoxy) is 1. The van der Waals surface area contributed by atoms with Gasteiger partial charge in [-0.3, -0.25) is 23.7 Å². The van der Waals surface area contributed by atoms with E-state index in [9.17, 15) is 19.2 Å². The summed E-state index contributed by atoms with van der Waals surface area (Å²) in [5.41, 5.74) is 0.913. The van der Waals surface area contributed by atoms with Crippen LogP contribution in [-0.4, -0.2) is 36.0 Å². The molecule has 9 heteroatoms. The Morgan fingerprint density at radius 2 is 1.65 bits per heavy atom. The van der Waals surface area contributed by atoms with Crippen molar-refractivity contribution in [1.82, 2.24) is 9.88 Å². The fourth-order valence-corrected chi connectivity index (χ4v) is 2.96. The zero-order valence-corrected chi connectivity index (χ0v) is 18.0. The maximum Gasteiger partial charge on any atom is 0.325 e.